The van der Waals surface area contributed by atoms with Crippen molar-refractivity contribution in [1.29, 1.82) is 0 Å². The Morgan fingerprint density at radius 3 is 2.44 bits per heavy atom. The molecule has 2 rings (SSSR count). The van der Waals surface area contributed by atoms with E-state index >= 15 is 0 Å². The van der Waals surface area contributed by atoms with Crippen LogP contribution in [0.15, 0.2) is 0 Å². The second-order valence-corrected chi connectivity index (χ2v) is 7.61. The summed E-state index contributed by atoms with van der Waals surface area (Å²) >= 11 is 3.47. The van der Waals surface area contributed by atoms with Crippen LogP contribution in [-0.2, 0) is 4.79 Å². The predicted molar refractivity (Wildman–Crippen MR) is 78.8 cm³/mol. The molecule has 2 nitrogen and oxygen atoms in total. The molecule has 1 N–H and O–H groups in total. The number of amides is 1. The molecule has 104 valence electrons. The molecule has 1 amide bonds. The van der Waals surface area contributed by atoms with Gasteiger partial charge in [-0.2, -0.15) is 0 Å². The third-order valence-electron chi connectivity index (χ3n) is 4.69. The smallest absolute Gasteiger partial charge is 0.223 e. The zero-order chi connectivity index (χ0) is 13.2. The molecule has 3 heteroatoms. The summed E-state index contributed by atoms with van der Waals surface area (Å²) in [5.41, 5.74) is 0.226. The molecule has 0 aromatic carbocycles. The van der Waals surface area contributed by atoms with Crippen molar-refractivity contribution < 1.29 is 4.79 Å². The summed E-state index contributed by atoms with van der Waals surface area (Å²) in [6, 6.07) is 0. The molecule has 0 radical (unpaired) electrons. The highest BCUT2D eigenvalue weighted by molar-refractivity contribution is 9.09. The van der Waals surface area contributed by atoms with Crippen LogP contribution >= 0.6 is 15.9 Å². The van der Waals surface area contributed by atoms with Gasteiger partial charge in [0.1, 0.15) is 0 Å². The minimum Gasteiger partial charge on any atom is -0.355 e. The fourth-order valence-corrected chi connectivity index (χ4v) is 3.74. The van der Waals surface area contributed by atoms with Gasteiger partial charge in [0.2, 0.25) is 5.91 Å². The summed E-state index contributed by atoms with van der Waals surface area (Å²) in [6.07, 6.45) is 7.59. The molecule has 2 fully saturated rings. The van der Waals surface area contributed by atoms with E-state index < -0.39 is 0 Å². The Morgan fingerprint density at radius 1 is 1.28 bits per heavy atom. The molecule has 0 bridgehead atoms. The number of halogens is 1. The molecular formula is C15H26BrNO. The van der Waals surface area contributed by atoms with Gasteiger partial charge in [0.05, 0.1) is 0 Å². The molecule has 0 aromatic heterocycles. The number of rotatable bonds is 6. The molecule has 2 unspecified atom stereocenters. The summed E-state index contributed by atoms with van der Waals surface area (Å²) in [4.78, 5) is 12.2. The fourth-order valence-electron chi connectivity index (χ4n) is 3.46. The van der Waals surface area contributed by atoms with Gasteiger partial charge in [-0.3, -0.25) is 4.79 Å². The first-order valence-electron chi connectivity index (χ1n) is 7.39. The van der Waals surface area contributed by atoms with E-state index in [1.807, 2.05) is 0 Å². The van der Waals surface area contributed by atoms with Gasteiger partial charge in [0.15, 0.2) is 0 Å². The van der Waals surface area contributed by atoms with Crippen molar-refractivity contribution in [3.8, 4) is 0 Å². The minimum atomic E-state index is 0.226. The van der Waals surface area contributed by atoms with Gasteiger partial charge in [0.25, 0.3) is 0 Å². The van der Waals surface area contributed by atoms with Crippen molar-refractivity contribution in [1.82, 2.24) is 5.32 Å². The van der Waals surface area contributed by atoms with E-state index in [-0.39, 0.29) is 5.41 Å². The average Bonchev–Trinajstić information content (AvgIpc) is 3.08. The number of hydrogen-bond donors (Lipinski definition) is 1. The van der Waals surface area contributed by atoms with Gasteiger partial charge >= 0.3 is 0 Å². The number of fused-ring (bicyclic) bond motifs is 1. The first kappa shape index (κ1) is 14.4. The van der Waals surface area contributed by atoms with E-state index in [0.29, 0.717) is 11.8 Å². The number of hydrogen-bond acceptors (Lipinski definition) is 1. The van der Waals surface area contributed by atoms with Crippen LogP contribution in [0.25, 0.3) is 0 Å². The second kappa shape index (κ2) is 5.94. The SMILES string of the molecule is CC(C)(CCCBr)CNC(=O)C1C2CCCCC21. The largest absolute Gasteiger partial charge is 0.355 e. The van der Waals surface area contributed by atoms with Crippen LogP contribution in [0.3, 0.4) is 0 Å². The molecule has 0 aliphatic heterocycles. The Hall–Kier alpha value is -0.0500. The maximum atomic E-state index is 12.2. The lowest BCUT2D eigenvalue weighted by molar-refractivity contribution is -0.123. The fraction of sp³-hybridized carbons (Fsp3) is 0.933. The van der Waals surface area contributed by atoms with Gasteiger partial charge in [-0.25, -0.2) is 0 Å². The van der Waals surface area contributed by atoms with Gasteiger partial charge in [0, 0.05) is 17.8 Å². The lowest BCUT2D eigenvalue weighted by Crippen LogP contribution is -2.35. The van der Waals surface area contributed by atoms with Gasteiger partial charge in [-0.15, -0.1) is 0 Å². The summed E-state index contributed by atoms with van der Waals surface area (Å²) in [5.74, 6) is 2.15. The second-order valence-electron chi connectivity index (χ2n) is 6.81. The predicted octanol–water partition coefficient (Wildman–Crippen LogP) is 3.74. The van der Waals surface area contributed by atoms with Gasteiger partial charge in [-0.1, -0.05) is 42.6 Å². The summed E-state index contributed by atoms with van der Waals surface area (Å²) in [6.45, 7) is 5.32. The van der Waals surface area contributed by atoms with E-state index in [1.54, 1.807) is 0 Å². The molecule has 0 spiro atoms. The maximum Gasteiger partial charge on any atom is 0.223 e. The lowest BCUT2D eigenvalue weighted by atomic mass is 9.88. The van der Waals surface area contributed by atoms with E-state index in [9.17, 15) is 4.79 Å². The average molecular weight is 316 g/mol. The molecule has 2 aliphatic rings. The minimum absolute atomic E-state index is 0.226. The molecule has 18 heavy (non-hydrogen) atoms. The van der Waals surface area contributed by atoms with Crippen LogP contribution in [0.5, 0.6) is 0 Å². The monoisotopic (exact) mass is 315 g/mol. The Labute approximate surface area is 119 Å². The number of nitrogens with one attached hydrogen (secondary N) is 1. The third-order valence-corrected chi connectivity index (χ3v) is 5.25. The topological polar surface area (TPSA) is 29.1 Å². The van der Waals surface area contributed by atoms with E-state index in [4.69, 9.17) is 0 Å². The van der Waals surface area contributed by atoms with Crippen LogP contribution in [0.4, 0.5) is 0 Å². The van der Waals surface area contributed by atoms with E-state index in [1.165, 1.54) is 32.1 Å². The Bertz CT molecular complexity index is 291. The normalized spacial score (nSPS) is 30.7. The van der Waals surface area contributed by atoms with Crippen molar-refractivity contribution >= 4 is 21.8 Å². The van der Waals surface area contributed by atoms with Crippen LogP contribution in [0, 0.1) is 23.2 Å². The zero-order valence-corrected chi connectivity index (χ0v) is 13.3. The van der Waals surface area contributed by atoms with Gasteiger partial charge in [-0.05, 0) is 42.9 Å². The first-order chi connectivity index (χ1) is 8.55. The first-order valence-corrected chi connectivity index (χ1v) is 8.51. The summed E-state index contributed by atoms with van der Waals surface area (Å²) in [7, 11) is 0. The molecule has 2 aliphatic carbocycles. The highest BCUT2D eigenvalue weighted by atomic mass is 79.9. The van der Waals surface area contributed by atoms with Gasteiger partial charge < -0.3 is 5.32 Å². The summed E-state index contributed by atoms with van der Waals surface area (Å²) in [5, 5.41) is 4.25. The van der Waals surface area contributed by atoms with Crippen LogP contribution in [-0.4, -0.2) is 17.8 Å². The summed E-state index contributed by atoms with van der Waals surface area (Å²) < 4.78 is 0. The molecule has 0 heterocycles. The quantitative estimate of drug-likeness (QED) is 0.743. The Kier molecular flexibility index (Phi) is 4.74. The molecule has 0 aromatic rings. The zero-order valence-electron chi connectivity index (χ0n) is 11.7. The Balaban J connectivity index is 1.72. The van der Waals surface area contributed by atoms with Crippen molar-refractivity contribution in [2.24, 2.45) is 23.2 Å². The highest BCUT2D eigenvalue weighted by Crippen LogP contribution is 2.55. The Morgan fingerprint density at radius 2 is 1.89 bits per heavy atom. The standard InChI is InChI=1S/C15H26BrNO/c1-15(2,8-5-9-16)10-17-14(18)13-11-6-3-4-7-12(11)13/h11-13H,3-10H2,1-2H3,(H,17,18). The van der Waals surface area contributed by atoms with E-state index in [2.05, 4.69) is 35.1 Å². The lowest BCUT2D eigenvalue weighted by Gasteiger charge is -2.24. The number of alkyl halides is 1. The molecule has 0 saturated heterocycles. The maximum absolute atomic E-state index is 12.2. The third kappa shape index (κ3) is 3.49. The van der Waals surface area contributed by atoms with E-state index in [0.717, 1.165) is 30.1 Å². The molecule has 2 saturated carbocycles. The van der Waals surface area contributed by atoms with Crippen molar-refractivity contribution in [3.63, 3.8) is 0 Å². The highest BCUT2D eigenvalue weighted by Gasteiger charge is 2.54. The van der Waals surface area contributed by atoms with Crippen molar-refractivity contribution in [2.75, 3.05) is 11.9 Å². The molecule has 2 atom stereocenters. The molecular weight excluding hydrogens is 290 g/mol. The van der Waals surface area contributed by atoms with Crippen molar-refractivity contribution in [2.45, 2.75) is 52.4 Å². The number of carbonyl (C=O) groups is 1. The number of carbonyl (C=O) groups excluding carboxylic acids is 1. The van der Waals surface area contributed by atoms with Crippen LogP contribution < -0.4 is 5.32 Å². The van der Waals surface area contributed by atoms with Crippen LogP contribution in [0.2, 0.25) is 0 Å². The van der Waals surface area contributed by atoms with Crippen LogP contribution in [0.1, 0.15) is 52.4 Å². The van der Waals surface area contributed by atoms with Crippen molar-refractivity contribution in [3.05, 3.63) is 0 Å².